The van der Waals surface area contributed by atoms with Crippen LogP contribution in [0.5, 0.6) is 0 Å². The first-order valence-electron chi connectivity index (χ1n) is 5.30. The average Bonchev–Trinajstić information content (AvgIpc) is 2.25. The van der Waals surface area contributed by atoms with E-state index in [2.05, 4.69) is 5.32 Å². The minimum atomic E-state index is 0.610. The summed E-state index contributed by atoms with van der Waals surface area (Å²) in [7, 11) is 1.96. The van der Waals surface area contributed by atoms with E-state index >= 15 is 0 Å². The van der Waals surface area contributed by atoms with Gasteiger partial charge in [0.1, 0.15) is 0 Å². The molecule has 0 aliphatic rings. The molecule has 84 valence electrons. The van der Waals surface area contributed by atoms with Crippen LogP contribution in [0.15, 0.2) is 24.3 Å². The normalized spacial score (nSPS) is 10.5. The van der Waals surface area contributed by atoms with Gasteiger partial charge in [-0.3, -0.25) is 0 Å². The third-order valence-corrected chi connectivity index (χ3v) is 2.55. The van der Waals surface area contributed by atoms with E-state index in [1.165, 1.54) is 0 Å². The molecule has 0 atom stereocenters. The second-order valence-corrected chi connectivity index (χ2v) is 3.86. The maximum atomic E-state index is 6.00. The molecule has 0 fully saturated rings. The van der Waals surface area contributed by atoms with Gasteiger partial charge >= 0.3 is 0 Å². The molecule has 2 nitrogen and oxygen atoms in total. The molecule has 0 spiro atoms. The van der Waals surface area contributed by atoms with Gasteiger partial charge in [-0.15, -0.1) is 0 Å². The molecule has 0 bridgehead atoms. The van der Waals surface area contributed by atoms with Gasteiger partial charge in [0, 0.05) is 11.6 Å². The molecule has 0 unspecified atom stereocenters. The van der Waals surface area contributed by atoms with Crippen LogP contribution in [0.3, 0.4) is 0 Å². The average molecular weight is 228 g/mol. The Hall–Kier alpha value is -0.570. The van der Waals surface area contributed by atoms with Gasteiger partial charge in [-0.05, 0) is 38.1 Å². The number of hydrogen-bond donors (Lipinski definition) is 1. The third kappa shape index (κ3) is 5.17. The van der Waals surface area contributed by atoms with E-state index in [-0.39, 0.29) is 0 Å². The quantitative estimate of drug-likeness (QED) is 0.724. The van der Waals surface area contributed by atoms with Gasteiger partial charge in [0.15, 0.2) is 0 Å². The zero-order valence-electron chi connectivity index (χ0n) is 9.13. The summed E-state index contributed by atoms with van der Waals surface area (Å²) in [6, 6.07) is 7.79. The molecule has 0 saturated heterocycles. The molecular formula is C12H18ClNO. The smallest absolute Gasteiger partial charge is 0.0731 e. The fraction of sp³-hybridized carbons (Fsp3) is 0.500. The molecule has 0 saturated carbocycles. The molecule has 3 heteroatoms. The van der Waals surface area contributed by atoms with Crippen molar-refractivity contribution in [3.05, 3.63) is 34.9 Å². The number of benzene rings is 1. The van der Waals surface area contributed by atoms with Crippen LogP contribution < -0.4 is 5.32 Å². The summed E-state index contributed by atoms with van der Waals surface area (Å²) in [4.78, 5) is 0. The highest BCUT2D eigenvalue weighted by molar-refractivity contribution is 6.31. The summed E-state index contributed by atoms with van der Waals surface area (Å²) in [5, 5.41) is 3.89. The lowest BCUT2D eigenvalue weighted by atomic mass is 10.2. The van der Waals surface area contributed by atoms with Crippen molar-refractivity contribution in [3.8, 4) is 0 Å². The second-order valence-electron chi connectivity index (χ2n) is 3.45. The molecule has 1 rings (SSSR count). The van der Waals surface area contributed by atoms with Gasteiger partial charge in [0.05, 0.1) is 6.61 Å². The van der Waals surface area contributed by atoms with E-state index in [4.69, 9.17) is 16.3 Å². The highest BCUT2D eigenvalue weighted by atomic mass is 35.5. The molecule has 15 heavy (non-hydrogen) atoms. The van der Waals surface area contributed by atoms with Gasteiger partial charge in [-0.1, -0.05) is 29.8 Å². The van der Waals surface area contributed by atoms with Gasteiger partial charge in [0.2, 0.25) is 0 Å². The molecule has 0 heterocycles. The van der Waals surface area contributed by atoms with Gasteiger partial charge in [-0.25, -0.2) is 0 Å². The topological polar surface area (TPSA) is 21.3 Å². The van der Waals surface area contributed by atoms with E-state index in [0.29, 0.717) is 6.61 Å². The fourth-order valence-corrected chi connectivity index (χ4v) is 1.49. The van der Waals surface area contributed by atoms with Crippen molar-refractivity contribution in [2.24, 2.45) is 0 Å². The summed E-state index contributed by atoms with van der Waals surface area (Å²) >= 11 is 6.00. The molecule has 0 amide bonds. The third-order valence-electron chi connectivity index (χ3n) is 2.18. The largest absolute Gasteiger partial charge is 0.377 e. The Labute approximate surface area is 96.6 Å². The van der Waals surface area contributed by atoms with E-state index < -0.39 is 0 Å². The summed E-state index contributed by atoms with van der Waals surface area (Å²) in [5.41, 5.74) is 1.06. The van der Waals surface area contributed by atoms with Crippen LogP contribution in [-0.2, 0) is 11.3 Å². The Kier molecular flexibility index (Phi) is 6.41. The predicted molar refractivity (Wildman–Crippen MR) is 64.3 cm³/mol. The van der Waals surface area contributed by atoms with E-state index in [9.17, 15) is 0 Å². The van der Waals surface area contributed by atoms with E-state index in [0.717, 1.165) is 36.6 Å². The van der Waals surface area contributed by atoms with Crippen molar-refractivity contribution in [2.75, 3.05) is 20.2 Å². The maximum absolute atomic E-state index is 6.00. The van der Waals surface area contributed by atoms with Gasteiger partial charge in [0.25, 0.3) is 0 Å². The van der Waals surface area contributed by atoms with E-state index in [1.54, 1.807) is 0 Å². The van der Waals surface area contributed by atoms with E-state index in [1.807, 2.05) is 31.3 Å². The van der Waals surface area contributed by atoms with Crippen molar-refractivity contribution < 1.29 is 4.74 Å². The molecule has 0 aliphatic heterocycles. The minimum absolute atomic E-state index is 0.610. The number of ether oxygens (including phenoxy) is 1. The van der Waals surface area contributed by atoms with Crippen LogP contribution in [0.4, 0.5) is 0 Å². The molecular weight excluding hydrogens is 210 g/mol. The van der Waals surface area contributed by atoms with Crippen LogP contribution in [-0.4, -0.2) is 20.2 Å². The van der Waals surface area contributed by atoms with Crippen molar-refractivity contribution >= 4 is 11.6 Å². The Bertz CT molecular complexity index is 278. The van der Waals surface area contributed by atoms with Crippen molar-refractivity contribution in [1.29, 1.82) is 0 Å². The molecule has 0 radical (unpaired) electrons. The molecule has 1 aromatic rings. The van der Waals surface area contributed by atoms with Crippen molar-refractivity contribution in [1.82, 2.24) is 5.32 Å². The molecule has 0 aromatic heterocycles. The Morgan fingerprint density at radius 1 is 1.27 bits per heavy atom. The highest BCUT2D eigenvalue weighted by Gasteiger charge is 1.98. The van der Waals surface area contributed by atoms with Crippen LogP contribution in [0.1, 0.15) is 18.4 Å². The second kappa shape index (κ2) is 7.69. The lowest BCUT2D eigenvalue weighted by Gasteiger charge is -2.05. The zero-order chi connectivity index (χ0) is 10.9. The van der Waals surface area contributed by atoms with Crippen LogP contribution in [0.2, 0.25) is 5.02 Å². The first-order valence-corrected chi connectivity index (χ1v) is 5.68. The fourth-order valence-electron chi connectivity index (χ4n) is 1.30. The van der Waals surface area contributed by atoms with Crippen molar-refractivity contribution in [3.63, 3.8) is 0 Å². The van der Waals surface area contributed by atoms with Gasteiger partial charge < -0.3 is 10.1 Å². The summed E-state index contributed by atoms with van der Waals surface area (Å²) < 4.78 is 5.53. The molecule has 0 aliphatic carbocycles. The Balaban J connectivity index is 2.12. The number of hydrogen-bond acceptors (Lipinski definition) is 2. The predicted octanol–water partition coefficient (Wildman–Crippen LogP) is 2.86. The summed E-state index contributed by atoms with van der Waals surface area (Å²) in [6.07, 6.45) is 2.24. The Morgan fingerprint density at radius 2 is 2.07 bits per heavy atom. The maximum Gasteiger partial charge on any atom is 0.0731 e. The molecule has 1 N–H and O–H groups in total. The number of rotatable bonds is 7. The first-order chi connectivity index (χ1) is 7.34. The number of nitrogens with one attached hydrogen (secondary N) is 1. The Morgan fingerprint density at radius 3 is 2.80 bits per heavy atom. The van der Waals surface area contributed by atoms with Crippen molar-refractivity contribution in [2.45, 2.75) is 19.4 Å². The summed E-state index contributed by atoms with van der Waals surface area (Å²) in [5.74, 6) is 0. The lowest BCUT2D eigenvalue weighted by Crippen LogP contribution is -2.08. The monoisotopic (exact) mass is 227 g/mol. The summed E-state index contributed by atoms with van der Waals surface area (Å²) in [6.45, 7) is 2.46. The highest BCUT2D eigenvalue weighted by Crippen LogP contribution is 2.15. The number of unbranched alkanes of at least 4 members (excludes halogenated alkanes) is 1. The van der Waals surface area contributed by atoms with Crippen LogP contribution >= 0.6 is 11.6 Å². The minimum Gasteiger partial charge on any atom is -0.377 e. The molecule has 1 aromatic carbocycles. The van der Waals surface area contributed by atoms with Crippen LogP contribution in [0.25, 0.3) is 0 Å². The van der Waals surface area contributed by atoms with Crippen LogP contribution in [0, 0.1) is 0 Å². The SMILES string of the molecule is CNCCCCOCc1ccccc1Cl. The lowest BCUT2D eigenvalue weighted by molar-refractivity contribution is 0.117. The van der Waals surface area contributed by atoms with Gasteiger partial charge in [-0.2, -0.15) is 0 Å². The number of halogens is 1. The first kappa shape index (κ1) is 12.5. The standard InChI is InChI=1S/C12H18ClNO/c1-14-8-4-5-9-15-10-11-6-2-3-7-12(11)13/h2-3,6-7,14H,4-5,8-10H2,1H3. The zero-order valence-corrected chi connectivity index (χ0v) is 9.89.